The molecule has 0 unspecified atom stereocenters. The van der Waals surface area contributed by atoms with Crippen molar-refractivity contribution in [2.24, 2.45) is 0 Å². The number of rotatable bonds is 3. The maximum Gasteiger partial charge on any atom is 0.144 e. The Kier molecular flexibility index (Phi) is 3.85. The van der Waals surface area contributed by atoms with Crippen molar-refractivity contribution in [3.63, 3.8) is 0 Å². The number of benzene rings is 1. The first-order valence-electron chi connectivity index (χ1n) is 4.04. The van der Waals surface area contributed by atoms with Crippen LogP contribution >= 0.6 is 23.2 Å². The number of halogens is 2. The largest absolute Gasteiger partial charge is 0.483 e. The average molecular weight is 221 g/mol. The second kappa shape index (κ2) is 4.70. The van der Waals surface area contributed by atoms with Crippen LogP contribution in [0.5, 0.6) is 5.75 Å². The number of hydrogen-bond acceptors (Lipinski definition) is 1. The summed E-state index contributed by atoms with van der Waals surface area (Å²) in [6.45, 7) is 2.65. The third-order valence-corrected chi connectivity index (χ3v) is 2.16. The minimum absolute atomic E-state index is 0.0682. The molecule has 72 valence electrons. The smallest absolute Gasteiger partial charge is 0.144 e. The van der Waals surface area contributed by atoms with Gasteiger partial charge in [-0.1, -0.05) is 23.2 Å². The molecule has 1 rings (SSSR count). The highest BCUT2D eigenvalue weighted by Gasteiger charge is 2.06. The molecule has 0 aliphatic rings. The molecule has 3 N–H and O–H groups in total. The van der Waals surface area contributed by atoms with Crippen LogP contribution in [0, 0.1) is 0 Å². The lowest BCUT2D eigenvalue weighted by Crippen LogP contribution is -2.56. The van der Waals surface area contributed by atoms with Gasteiger partial charge in [0.05, 0.1) is 5.02 Å². The van der Waals surface area contributed by atoms with Crippen LogP contribution in [-0.4, -0.2) is 12.6 Å². The van der Waals surface area contributed by atoms with Crippen LogP contribution in [0.4, 0.5) is 0 Å². The maximum absolute atomic E-state index is 5.90. The monoisotopic (exact) mass is 220 g/mol. The molecule has 13 heavy (non-hydrogen) atoms. The van der Waals surface area contributed by atoms with Gasteiger partial charge in [-0.2, -0.15) is 0 Å². The lowest BCUT2D eigenvalue weighted by atomic mass is 10.3. The number of quaternary nitrogens is 1. The van der Waals surface area contributed by atoms with Gasteiger partial charge in [0.25, 0.3) is 0 Å². The Balaban J connectivity index is 2.77. The van der Waals surface area contributed by atoms with Gasteiger partial charge in [-0.05, 0) is 25.1 Å². The summed E-state index contributed by atoms with van der Waals surface area (Å²) in [5, 5.41) is 1.15. The topological polar surface area (TPSA) is 36.9 Å². The van der Waals surface area contributed by atoms with Crippen molar-refractivity contribution in [2.45, 2.75) is 13.0 Å². The van der Waals surface area contributed by atoms with E-state index in [0.29, 0.717) is 22.3 Å². The van der Waals surface area contributed by atoms with Crippen LogP contribution in [0.1, 0.15) is 6.92 Å². The molecule has 4 heteroatoms. The van der Waals surface area contributed by atoms with Crippen molar-refractivity contribution >= 4 is 23.2 Å². The lowest BCUT2D eigenvalue weighted by molar-refractivity contribution is -0.380. The van der Waals surface area contributed by atoms with Gasteiger partial charge in [0.2, 0.25) is 0 Å². The normalized spacial score (nSPS) is 12.6. The fraction of sp³-hybridized carbons (Fsp3) is 0.333. The molecular formula is C9H12Cl2NO+. The molecule has 0 aliphatic heterocycles. The van der Waals surface area contributed by atoms with Crippen LogP contribution < -0.4 is 10.5 Å². The van der Waals surface area contributed by atoms with Crippen molar-refractivity contribution in [3.05, 3.63) is 28.2 Å². The number of ether oxygens (including phenoxy) is 1. The van der Waals surface area contributed by atoms with Crippen LogP contribution in [0.3, 0.4) is 0 Å². The zero-order chi connectivity index (χ0) is 9.84. The van der Waals surface area contributed by atoms with Crippen molar-refractivity contribution < 1.29 is 10.5 Å². The van der Waals surface area contributed by atoms with Crippen molar-refractivity contribution in [1.29, 1.82) is 0 Å². The third-order valence-electron chi connectivity index (χ3n) is 1.63. The summed E-state index contributed by atoms with van der Waals surface area (Å²) in [5.74, 6) is 0.655. The summed E-state index contributed by atoms with van der Waals surface area (Å²) < 4.78 is 5.50. The van der Waals surface area contributed by atoms with Crippen molar-refractivity contribution in [3.8, 4) is 5.75 Å². The van der Waals surface area contributed by atoms with E-state index in [4.69, 9.17) is 27.9 Å². The standard InChI is InChI=1S/C9H11Cl2NO/c1-6(5-12)13-9-3-2-7(10)4-8(9)11/h2-4,6H,5,12H2,1H3/p+1/t6-/m1/s1. The van der Waals surface area contributed by atoms with Gasteiger partial charge in [-0.25, -0.2) is 0 Å². The van der Waals surface area contributed by atoms with E-state index in [-0.39, 0.29) is 6.10 Å². The predicted molar refractivity (Wildman–Crippen MR) is 54.3 cm³/mol. The van der Waals surface area contributed by atoms with Crippen LogP contribution in [0.2, 0.25) is 10.0 Å². The van der Waals surface area contributed by atoms with Gasteiger partial charge in [0.1, 0.15) is 18.4 Å². The first-order chi connectivity index (χ1) is 6.13. The molecule has 0 spiro atoms. The first-order valence-corrected chi connectivity index (χ1v) is 4.80. The van der Waals surface area contributed by atoms with Gasteiger partial charge < -0.3 is 10.5 Å². The average Bonchev–Trinajstić information content (AvgIpc) is 2.09. The second-order valence-corrected chi connectivity index (χ2v) is 3.64. The molecule has 2 nitrogen and oxygen atoms in total. The zero-order valence-corrected chi connectivity index (χ0v) is 8.90. The van der Waals surface area contributed by atoms with Gasteiger partial charge in [-0.3, -0.25) is 0 Å². The van der Waals surface area contributed by atoms with Gasteiger partial charge in [-0.15, -0.1) is 0 Å². The highest BCUT2D eigenvalue weighted by atomic mass is 35.5. The van der Waals surface area contributed by atoms with E-state index in [1.807, 2.05) is 6.92 Å². The highest BCUT2D eigenvalue weighted by Crippen LogP contribution is 2.27. The zero-order valence-electron chi connectivity index (χ0n) is 7.39. The van der Waals surface area contributed by atoms with Gasteiger partial charge >= 0.3 is 0 Å². The van der Waals surface area contributed by atoms with E-state index in [1.165, 1.54) is 0 Å². The Morgan fingerprint density at radius 3 is 2.69 bits per heavy atom. The highest BCUT2D eigenvalue weighted by molar-refractivity contribution is 6.35. The summed E-state index contributed by atoms with van der Waals surface area (Å²) in [5.41, 5.74) is 3.73. The van der Waals surface area contributed by atoms with Crippen molar-refractivity contribution in [2.75, 3.05) is 6.54 Å². The van der Waals surface area contributed by atoms with E-state index in [2.05, 4.69) is 5.73 Å². The van der Waals surface area contributed by atoms with E-state index < -0.39 is 0 Å². The Bertz CT molecular complexity index is 291. The molecule has 1 aromatic rings. The Labute approximate surface area is 87.6 Å². The van der Waals surface area contributed by atoms with Crippen LogP contribution in [0.15, 0.2) is 18.2 Å². The summed E-state index contributed by atoms with van der Waals surface area (Å²) in [7, 11) is 0. The van der Waals surface area contributed by atoms with Gasteiger partial charge in [0.15, 0.2) is 0 Å². The van der Waals surface area contributed by atoms with Crippen LogP contribution in [-0.2, 0) is 0 Å². The number of hydrogen-bond donors (Lipinski definition) is 1. The molecule has 0 bridgehead atoms. The third kappa shape index (κ3) is 3.07. The molecule has 0 aliphatic carbocycles. The van der Waals surface area contributed by atoms with Gasteiger partial charge in [0, 0.05) is 5.02 Å². The maximum atomic E-state index is 5.90. The molecule has 1 aromatic carbocycles. The molecule has 0 heterocycles. The lowest BCUT2D eigenvalue weighted by Gasteiger charge is -2.11. The second-order valence-electron chi connectivity index (χ2n) is 2.79. The summed E-state index contributed by atoms with van der Waals surface area (Å²) in [6, 6.07) is 5.17. The summed E-state index contributed by atoms with van der Waals surface area (Å²) in [4.78, 5) is 0. The molecule has 0 aromatic heterocycles. The molecule has 0 fully saturated rings. The van der Waals surface area contributed by atoms with Crippen LogP contribution in [0.25, 0.3) is 0 Å². The Morgan fingerprint density at radius 1 is 1.46 bits per heavy atom. The van der Waals surface area contributed by atoms with E-state index >= 15 is 0 Å². The Hall–Kier alpha value is -0.440. The Morgan fingerprint density at radius 2 is 2.15 bits per heavy atom. The predicted octanol–water partition coefficient (Wildman–Crippen LogP) is 2.00. The van der Waals surface area contributed by atoms with Crippen molar-refractivity contribution in [1.82, 2.24) is 0 Å². The molecule has 0 amide bonds. The summed E-state index contributed by atoms with van der Waals surface area (Å²) in [6.07, 6.45) is 0.0682. The van der Waals surface area contributed by atoms with E-state index in [1.54, 1.807) is 18.2 Å². The summed E-state index contributed by atoms with van der Waals surface area (Å²) >= 11 is 11.6. The van der Waals surface area contributed by atoms with E-state index in [9.17, 15) is 0 Å². The first kappa shape index (κ1) is 10.6. The molecule has 0 saturated heterocycles. The molecular weight excluding hydrogens is 209 g/mol. The minimum Gasteiger partial charge on any atom is -0.483 e. The molecule has 0 radical (unpaired) electrons. The quantitative estimate of drug-likeness (QED) is 0.832. The molecule has 0 saturated carbocycles. The van der Waals surface area contributed by atoms with E-state index in [0.717, 1.165) is 0 Å². The fourth-order valence-corrected chi connectivity index (χ4v) is 1.30. The SMILES string of the molecule is C[C@H](C[NH3+])Oc1ccc(Cl)cc1Cl. The minimum atomic E-state index is 0.0682. The fourth-order valence-electron chi connectivity index (χ4n) is 0.846. The molecule has 1 atom stereocenters.